The first-order valence-corrected chi connectivity index (χ1v) is 6.35. The average Bonchev–Trinajstić information content (AvgIpc) is 2.10. The van der Waals surface area contributed by atoms with Gasteiger partial charge in [0, 0.05) is 37.7 Å². The van der Waals surface area contributed by atoms with E-state index < -0.39 is 0 Å². The van der Waals surface area contributed by atoms with E-state index in [2.05, 4.69) is 0 Å². The fourth-order valence-electron chi connectivity index (χ4n) is 1.05. The maximum Gasteiger partial charge on any atom is 0.137 e. The molecule has 0 aliphatic rings. The fraction of sp³-hybridized carbons (Fsp3) is 0.600. The van der Waals surface area contributed by atoms with Gasteiger partial charge in [0.25, 0.3) is 0 Å². The van der Waals surface area contributed by atoms with E-state index >= 15 is 0 Å². The van der Waals surface area contributed by atoms with E-state index in [0.29, 0.717) is 0 Å². The summed E-state index contributed by atoms with van der Waals surface area (Å²) < 4.78 is 0. The summed E-state index contributed by atoms with van der Waals surface area (Å²) in [4.78, 5) is 60.2. The molecule has 0 fully saturated rings. The number of hydrogen-bond acceptors (Lipinski definition) is 6. The predicted octanol–water partition coefficient (Wildman–Crippen LogP) is 0.0141. The van der Waals surface area contributed by atoms with Crippen LogP contribution in [0.15, 0.2) is 0 Å². The van der Waals surface area contributed by atoms with Crippen LogP contribution in [0.25, 0.3) is 0 Å². The predicted molar refractivity (Wildman–Crippen MR) is 85.2 cm³/mol. The van der Waals surface area contributed by atoms with Gasteiger partial charge in [-0.05, 0) is 41.5 Å². The van der Waals surface area contributed by atoms with Gasteiger partial charge in [-0.2, -0.15) is 0 Å². The molecule has 1 radical (unpaired) electrons. The van der Waals surface area contributed by atoms with Gasteiger partial charge in [0.2, 0.25) is 0 Å². The van der Waals surface area contributed by atoms with Crippen LogP contribution in [0, 0.1) is 37.7 Å². The van der Waals surface area contributed by atoms with Gasteiger partial charge < -0.3 is 11.0 Å². The van der Waals surface area contributed by atoms with Crippen molar-refractivity contribution in [3.63, 3.8) is 0 Å². The minimum atomic E-state index is -0.0625. The van der Waals surface area contributed by atoms with Crippen molar-refractivity contribution < 1.29 is 77.5 Å². The van der Waals surface area contributed by atoms with Crippen LogP contribution in [-0.4, -0.2) is 45.7 Å². The summed E-state index contributed by atoms with van der Waals surface area (Å²) in [6.45, 7) is 8.42. The molecular formula is C15H28HoO8. The van der Waals surface area contributed by atoms with Crippen molar-refractivity contribution in [3.05, 3.63) is 0 Å². The first-order valence-electron chi connectivity index (χ1n) is 6.35. The second-order valence-corrected chi connectivity index (χ2v) is 4.74. The Hall–Kier alpha value is -0.800. The van der Waals surface area contributed by atoms with E-state index in [9.17, 15) is 28.8 Å². The molecule has 4 N–H and O–H groups in total. The first kappa shape index (κ1) is 38.6. The molecule has 0 aromatic carbocycles. The molecule has 0 atom stereocenters. The summed E-state index contributed by atoms with van der Waals surface area (Å²) in [5.74, 6) is -0.375. The summed E-state index contributed by atoms with van der Waals surface area (Å²) in [7, 11) is 0. The largest absolute Gasteiger partial charge is 0.412 e. The Labute approximate surface area is 172 Å². The van der Waals surface area contributed by atoms with Crippen molar-refractivity contribution in [2.45, 2.75) is 60.8 Å². The Morgan fingerprint density at radius 2 is 0.500 bits per heavy atom. The second kappa shape index (κ2) is 24.5. The first-order chi connectivity index (χ1) is 9.38. The minimum Gasteiger partial charge on any atom is -0.412 e. The molecule has 0 bridgehead atoms. The summed E-state index contributed by atoms with van der Waals surface area (Å²) in [5, 5.41) is 0. The summed E-state index contributed by atoms with van der Waals surface area (Å²) in [5.41, 5.74) is 0. The molecule has 0 aliphatic heterocycles. The fourth-order valence-corrected chi connectivity index (χ4v) is 1.05. The van der Waals surface area contributed by atoms with Gasteiger partial charge in [-0.3, -0.25) is 28.8 Å². The Morgan fingerprint density at radius 1 is 0.417 bits per heavy atom. The van der Waals surface area contributed by atoms with Crippen LogP contribution >= 0.6 is 0 Å². The van der Waals surface area contributed by atoms with Gasteiger partial charge in [0.1, 0.15) is 34.7 Å². The number of hydrogen-bond donors (Lipinski definition) is 0. The Morgan fingerprint density at radius 3 is 0.500 bits per heavy atom. The van der Waals surface area contributed by atoms with Gasteiger partial charge in [-0.15, -0.1) is 0 Å². The van der Waals surface area contributed by atoms with Crippen LogP contribution in [0.2, 0.25) is 0 Å². The maximum atomic E-state index is 10.0. The normalized spacial score (nSPS) is 7.25. The van der Waals surface area contributed by atoms with Crippen molar-refractivity contribution in [1.82, 2.24) is 0 Å². The van der Waals surface area contributed by atoms with Crippen molar-refractivity contribution in [3.8, 4) is 0 Å². The standard InChI is InChI=1S/3C5H8O2.Ho.2H2O/c3*1-4(6)3-5(2)7;;;/h3*3H2,1-2H3;;2*1H2. The average molecular weight is 501 g/mol. The van der Waals surface area contributed by atoms with Crippen molar-refractivity contribution >= 4 is 34.7 Å². The Balaban J connectivity index is -0.0000000476. The molecule has 8 nitrogen and oxygen atoms in total. The van der Waals surface area contributed by atoms with Crippen molar-refractivity contribution in [2.75, 3.05) is 0 Å². The monoisotopic (exact) mass is 501 g/mol. The second-order valence-electron chi connectivity index (χ2n) is 4.74. The summed E-state index contributed by atoms with van der Waals surface area (Å²) in [6.07, 6.45) is 0.250. The molecule has 0 aromatic rings. The van der Waals surface area contributed by atoms with Crippen LogP contribution in [0.4, 0.5) is 0 Å². The van der Waals surface area contributed by atoms with Crippen LogP contribution < -0.4 is 0 Å². The smallest absolute Gasteiger partial charge is 0.137 e. The van der Waals surface area contributed by atoms with E-state index in [0.717, 1.165) is 0 Å². The molecule has 9 heteroatoms. The topological polar surface area (TPSA) is 165 Å². The summed E-state index contributed by atoms with van der Waals surface area (Å²) >= 11 is 0. The van der Waals surface area contributed by atoms with E-state index in [-0.39, 0.29) is 103 Å². The van der Waals surface area contributed by atoms with E-state index in [1.54, 1.807) is 0 Å². The minimum absolute atomic E-state index is 0. The number of rotatable bonds is 6. The number of Topliss-reactive ketones (excluding diaryl/α,β-unsaturated/α-hetero) is 6. The van der Waals surface area contributed by atoms with Gasteiger partial charge in [-0.25, -0.2) is 0 Å². The molecule has 0 aliphatic carbocycles. The van der Waals surface area contributed by atoms with Gasteiger partial charge in [0.15, 0.2) is 0 Å². The molecule has 0 saturated heterocycles. The molecular weight excluding hydrogens is 473 g/mol. The Kier molecular flexibility index (Phi) is 39.4. The molecule has 0 amide bonds. The van der Waals surface area contributed by atoms with Crippen molar-refractivity contribution in [2.24, 2.45) is 0 Å². The van der Waals surface area contributed by atoms with Crippen LogP contribution in [0.5, 0.6) is 0 Å². The van der Waals surface area contributed by atoms with E-state index in [4.69, 9.17) is 0 Å². The Bertz CT molecular complexity index is 318. The zero-order chi connectivity index (χ0) is 17.6. The van der Waals surface area contributed by atoms with Crippen molar-refractivity contribution in [1.29, 1.82) is 0 Å². The quantitative estimate of drug-likeness (QED) is 0.367. The van der Waals surface area contributed by atoms with Gasteiger partial charge >= 0.3 is 0 Å². The van der Waals surface area contributed by atoms with Gasteiger partial charge in [-0.1, -0.05) is 0 Å². The summed E-state index contributed by atoms with van der Waals surface area (Å²) in [6, 6.07) is 0. The zero-order valence-electron chi connectivity index (χ0n) is 14.9. The number of ketones is 6. The molecule has 147 valence electrons. The molecule has 0 spiro atoms. The molecule has 0 heterocycles. The third kappa shape index (κ3) is 69.0. The maximum absolute atomic E-state index is 10.0. The van der Waals surface area contributed by atoms with E-state index in [1.807, 2.05) is 0 Å². The molecule has 24 heavy (non-hydrogen) atoms. The third-order valence-corrected chi connectivity index (χ3v) is 1.49. The molecule has 0 saturated carbocycles. The van der Waals surface area contributed by atoms with E-state index in [1.165, 1.54) is 41.5 Å². The van der Waals surface area contributed by atoms with Crippen LogP contribution in [-0.2, 0) is 28.8 Å². The van der Waals surface area contributed by atoms with Crippen LogP contribution in [0.1, 0.15) is 60.8 Å². The molecule has 0 aromatic heterocycles. The number of carbonyl (C=O) groups excluding carboxylic acids is 6. The third-order valence-electron chi connectivity index (χ3n) is 1.49. The SMILES string of the molecule is CC(=O)CC(C)=O.CC(=O)CC(C)=O.CC(=O)CC(C)=O.O.O.[Ho]. The van der Waals surface area contributed by atoms with Gasteiger partial charge in [0.05, 0.1) is 19.3 Å². The van der Waals surface area contributed by atoms with Crippen LogP contribution in [0.3, 0.4) is 0 Å². The molecule has 0 rings (SSSR count). The number of carbonyl (C=O) groups is 6. The molecule has 0 unspecified atom stereocenters. The zero-order valence-corrected chi connectivity index (χ0v) is 16.8.